The van der Waals surface area contributed by atoms with Gasteiger partial charge in [-0.2, -0.15) is 5.10 Å². The van der Waals surface area contributed by atoms with Crippen molar-refractivity contribution in [1.82, 2.24) is 14.8 Å². The lowest BCUT2D eigenvalue weighted by molar-refractivity contribution is 0.394. The van der Waals surface area contributed by atoms with Gasteiger partial charge in [0.05, 0.1) is 19.9 Å². The van der Waals surface area contributed by atoms with Crippen LogP contribution in [0.1, 0.15) is 0 Å². The fourth-order valence-corrected chi connectivity index (χ4v) is 3.28. The number of benzene rings is 3. The van der Waals surface area contributed by atoms with E-state index >= 15 is 0 Å². The summed E-state index contributed by atoms with van der Waals surface area (Å²) in [7, 11) is 3.25. The molecular weight excluding hydrogens is 346 g/mol. The van der Waals surface area contributed by atoms with E-state index in [4.69, 9.17) is 21.7 Å². The van der Waals surface area contributed by atoms with Crippen molar-refractivity contribution in [3.63, 3.8) is 0 Å². The molecule has 4 rings (SSSR count). The molecule has 1 aromatic heterocycles. The molecule has 5 nitrogen and oxygen atoms in total. The average Bonchev–Trinajstić information content (AvgIpc) is 3.08. The fourth-order valence-electron chi connectivity index (χ4n) is 3.05. The second-order valence-corrected chi connectivity index (χ2v) is 6.17. The molecule has 0 fully saturated rings. The summed E-state index contributed by atoms with van der Waals surface area (Å²) < 4.78 is 13.2. The van der Waals surface area contributed by atoms with Gasteiger partial charge in [-0.05, 0) is 35.8 Å². The maximum Gasteiger partial charge on any atom is 0.200 e. The minimum Gasteiger partial charge on any atom is -0.497 e. The molecule has 0 aliphatic heterocycles. The Morgan fingerprint density at radius 3 is 2.35 bits per heavy atom. The molecule has 0 saturated heterocycles. The number of nitrogens with one attached hydrogen (secondary N) is 1. The summed E-state index contributed by atoms with van der Waals surface area (Å²) in [5, 5.41) is 9.60. The molecule has 0 unspecified atom stereocenters. The zero-order valence-corrected chi connectivity index (χ0v) is 15.2. The van der Waals surface area contributed by atoms with Crippen molar-refractivity contribution in [3.8, 4) is 28.6 Å². The molecule has 0 aliphatic carbocycles. The van der Waals surface area contributed by atoms with Gasteiger partial charge in [0.25, 0.3) is 0 Å². The van der Waals surface area contributed by atoms with Gasteiger partial charge in [-0.15, -0.1) is 0 Å². The zero-order valence-electron chi connectivity index (χ0n) is 14.4. The highest BCUT2D eigenvalue weighted by Crippen LogP contribution is 2.32. The molecule has 0 aliphatic rings. The number of rotatable bonds is 4. The standard InChI is InChI=1S/C20H17N3O2S/c1-24-15-10-14(11-16(12-15)25-2)19-21-22-20(26)23(19)18-9-5-7-13-6-3-4-8-17(13)18/h3-12H,1-2H3,(H,22,26). The molecule has 0 atom stereocenters. The van der Waals surface area contributed by atoms with E-state index in [2.05, 4.69) is 28.4 Å². The number of nitrogens with zero attached hydrogens (tertiary/aromatic N) is 2. The third kappa shape index (κ3) is 2.74. The smallest absolute Gasteiger partial charge is 0.200 e. The van der Waals surface area contributed by atoms with Gasteiger partial charge in [0.15, 0.2) is 10.6 Å². The molecule has 6 heteroatoms. The Hall–Kier alpha value is -3.12. The first kappa shape index (κ1) is 16.4. The lowest BCUT2D eigenvalue weighted by Crippen LogP contribution is -1.99. The summed E-state index contributed by atoms with van der Waals surface area (Å²) in [5.74, 6) is 2.08. The van der Waals surface area contributed by atoms with Crippen molar-refractivity contribution in [2.75, 3.05) is 14.2 Å². The molecule has 0 spiro atoms. The van der Waals surface area contributed by atoms with Gasteiger partial charge < -0.3 is 9.47 Å². The van der Waals surface area contributed by atoms with E-state index in [1.807, 2.05) is 47.0 Å². The molecule has 3 aromatic carbocycles. The summed E-state index contributed by atoms with van der Waals surface area (Å²) in [5.41, 5.74) is 1.82. The minimum absolute atomic E-state index is 0.526. The van der Waals surface area contributed by atoms with Gasteiger partial charge in [-0.3, -0.25) is 9.67 Å². The van der Waals surface area contributed by atoms with Crippen molar-refractivity contribution in [2.45, 2.75) is 0 Å². The summed E-state index contributed by atoms with van der Waals surface area (Å²) in [4.78, 5) is 0. The topological polar surface area (TPSA) is 52.1 Å². The van der Waals surface area contributed by atoms with Crippen LogP contribution in [-0.2, 0) is 0 Å². The largest absolute Gasteiger partial charge is 0.497 e. The molecule has 26 heavy (non-hydrogen) atoms. The highest BCUT2D eigenvalue weighted by Gasteiger charge is 2.15. The number of aromatic nitrogens is 3. The number of aromatic amines is 1. The maximum atomic E-state index is 5.52. The van der Waals surface area contributed by atoms with Gasteiger partial charge in [0.2, 0.25) is 0 Å². The average molecular weight is 363 g/mol. The second kappa shape index (κ2) is 6.65. The molecular formula is C20H17N3O2S. The highest BCUT2D eigenvalue weighted by molar-refractivity contribution is 7.71. The first-order chi connectivity index (χ1) is 12.7. The summed E-state index contributed by atoms with van der Waals surface area (Å²) in [6, 6.07) is 20.0. The molecule has 4 aromatic rings. The predicted molar refractivity (Wildman–Crippen MR) is 105 cm³/mol. The quantitative estimate of drug-likeness (QED) is 0.531. The summed E-state index contributed by atoms with van der Waals surface area (Å²) >= 11 is 5.52. The number of fused-ring (bicyclic) bond motifs is 1. The molecule has 1 N–H and O–H groups in total. The van der Waals surface area contributed by atoms with Crippen LogP contribution in [0.5, 0.6) is 11.5 Å². The Balaban J connectivity index is 1.99. The van der Waals surface area contributed by atoms with Crippen LogP contribution in [0, 0.1) is 4.77 Å². The number of hydrogen-bond donors (Lipinski definition) is 1. The first-order valence-corrected chi connectivity index (χ1v) is 8.51. The molecule has 1 heterocycles. The normalized spacial score (nSPS) is 10.8. The first-order valence-electron chi connectivity index (χ1n) is 8.10. The van der Waals surface area contributed by atoms with Crippen LogP contribution >= 0.6 is 12.2 Å². The van der Waals surface area contributed by atoms with Crippen LogP contribution in [0.4, 0.5) is 0 Å². The van der Waals surface area contributed by atoms with Crippen LogP contribution in [0.2, 0.25) is 0 Å². The Morgan fingerprint density at radius 2 is 1.62 bits per heavy atom. The summed E-state index contributed by atoms with van der Waals surface area (Å²) in [6.45, 7) is 0. The Kier molecular flexibility index (Phi) is 4.18. The Bertz CT molecular complexity index is 1120. The number of hydrogen-bond acceptors (Lipinski definition) is 4. The number of methoxy groups -OCH3 is 2. The minimum atomic E-state index is 0.526. The van der Waals surface area contributed by atoms with Crippen LogP contribution in [0.25, 0.3) is 27.8 Å². The molecule has 0 amide bonds. The SMILES string of the molecule is COc1cc(OC)cc(-c2n[nH]c(=S)n2-c2cccc3ccccc23)c1. The monoisotopic (exact) mass is 363 g/mol. The second-order valence-electron chi connectivity index (χ2n) is 5.79. The maximum absolute atomic E-state index is 5.52. The van der Waals surface area contributed by atoms with E-state index in [0.29, 0.717) is 22.1 Å². The van der Waals surface area contributed by atoms with Gasteiger partial charge in [-0.1, -0.05) is 36.4 Å². The lowest BCUT2D eigenvalue weighted by atomic mass is 10.1. The van der Waals surface area contributed by atoms with Gasteiger partial charge in [0, 0.05) is 17.0 Å². The molecule has 0 saturated carbocycles. The van der Waals surface area contributed by atoms with Crippen molar-refractivity contribution in [3.05, 3.63) is 65.4 Å². The van der Waals surface area contributed by atoms with Gasteiger partial charge in [0.1, 0.15) is 11.5 Å². The number of ether oxygens (including phenoxy) is 2. The molecule has 0 bridgehead atoms. The van der Waals surface area contributed by atoms with Gasteiger partial charge in [-0.25, -0.2) is 0 Å². The van der Waals surface area contributed by atoms with E-state index < -0.39 is 0 Å². The van der Waals surface area contributed by atoms with Crippen molar-refractivity contribution >= 4 is 23.0 Å². The van der Waals surface area contributed by atoms with E-state index in [1.54, 1.807) is 14.2 Å². The van der Waals surface area contributed by atoms with Crippen LogP contribution in [0.3, 0.4) is 0 Å². The van der Waals surface area contributed by atoms with E-state index in [1.165, 1.54) is 0 Å². The van der Waals surface area contributed by atoms with Crippen LogP contribution in [0.15, 0.2) is 60.7 Å². The highest BCUT2D eigenvalue weighted by atomic mass is 32.1. The van der Waals surface area contributed by atoms with Crippen molar-refractivity contribution in [2.24, 2.45) is 0 Å². The predicted octanol–water partition coefficient (Wildman–Crippen LogP) is 4.77. The number of H-pyrrole nitrogens is 1. The Labute approximate surface area is 155 Å². The van der Waals surface area contributed by atoms with Crippen molar-refractivity contribution < 1.29 is 9.47 Å². The van der Waals surface area contributed by atoms with E-state index in [-0.39, 0.29) is 0 Å². The van der Waals surface area contributed by atoms with Gasteiger partial charge >= 0.3 is 0 Å². The van der Waals surface area contributed by atoms with Crippen LogP contribution < -0.4 is 9.47 Å². The molecule has 130 valence electrons. The zero-order chi connectivity index (χ0) is 18.1. The van der Waals surface area contributed by atoms with E-state index in [9.17, 15) is 0 Å². The van der Waals surface area contributed by atoms with E-state index in [0.717, 1.165) is 22.0 Å². The fraction of sp³-hybridized carbons (Fsp3) is 0.100. The van der Waals surface area contributed by atoms with Crippen LogP contribution in [-0.4, -0.2) is 29.0 Å². The Morgan fingerprint density at radius 1 is 0.923 bits per heavy atom. The summed E-state index contributed by atoms with van der Waals surface area (Å²) in [6.07, 6.45) is 0. The van der Waals surface area contributed by atoms with Crippen molar-refractivity contribution in [1.29, 1.82) is 0 Å². The third-order valence-corrected chi connectivity index (χ3v) is 4.56. The molecule has 0 radical (unpaired) electrons. The third-order valence-electron chi connectivity index (χ3n) is 4.29. The lowest BCUT2D eigenvalue weighted by Gasteiger charge is -2.12.